The van der Waals surface area contributed by atoms with E-state index in [1.807, 2.05) is 79.7 Å². The van der Waals surface area contributed by atoms with Gasteiger partial charge in [-0.1, -0.05) is 30.8 Å². The second-order valence-electron chi connectivity index (χ2n) is 8.80. The summed E-state index contributed by atoms with van der Waals surface area (Å²) in [5.74, 6) is 2.57. The predicted octanol–water partition coefficient (Wildman–Crippen LogP) is 5.94. The van der Waals surface area contributed by atoms with Crippen LogP contribution in [-0.2, 0) is 11.2 Å². The largest absolute Gasteiger partial charge is 0.457 e. The average Bonchev–Trinajstić information content (AvgIpc) is 3.52. The third-order valence-corrected chi connectivity index (χ3v) is 6.37. The van der Waals surface area contributed by atoms with Crippen LogP contribution in [0.15, 0.2) is 85.5 Å². The number of fused-ring (bicyclic) bond motifs is 2. The molecule has 0 saturated carbocycles. The van der Waals surface area contributed by atoms with E-state index >= 15 is 0 Å². The van der Waals surface area contributed by atoms with E-state index in [-0.39, 0.29) is 5.91 Å². The number of rotatable bonds is 6. The minimum atomic E-state index is -0.104. The molecule has 0 aliphatic carbocycles. The molecule has 8 nitrogen and oxygen atoms in total. The first-order valence-electron chi connectivity index (χ1n) is 12.0. The van der Waals surface area contributed by atoms with E-state index in [0.29, 0.717) is 23.8 Å². The summed E-state index contributed by atoms with van der Waals surface area (Å²) in [7, 11) is 0. The molecule has 2 aromatic heterocycles. The summed E-state index contributed by atoms with van der Waals surface area (Å²) in [6.45, 7) is 6.21. The number of para-hydroxylation sites is 1. The number of carbonyl (C=O) groups is 1. The molecule has 182 valence electrons. The fourth-order valence-corrected chi connectivity index (χ4v) is 4.52. The van der Waals surface area contributed by atoms with Crippen LogP contribution in [0.2, 0.25) is 0 Å². The van der Waals surface area contributed by atoms with E-state index in [1.54, 1.807) is 4.90 Å². The molecule has 0 fully saturated rings. The van der Waals surface area contributed by atoms with Crippen molar-refractivity contribution in [3.63, 3.8) is 0 Å². The summed E-state index contributed by atoms with van der Waals surface area (Å²) < 4.78 is 5.91. The molecule has 3 heterocycles. The molecule has 1 amide bonds. The van der Waals surface area contributed by atoms with Gasteiger partial charge in [0.1, 0.15) is 17.3 Å². The lowest BCUT2D eigenvalue weighted by Crippen LogP contribution is -2.26. The van der Waals surface area contributed by atoms with Crippen LogP contribution in [0.4, 0.5) is 17.2 Å². The van der Waals surface area contributed by atoms with Gasteiger partial charge in [0.25, 0.3) is 0 Å². The molecule has 0 unspecified atom stereocenters. The zero-order chi connectivity index (χ0) is 25.4. The topological polar surface area (TPSA) is 96.0 Å². The maximum absolute atomic E-state index is 12.3. The number of amides is 1. The molecule has 5 aromatic rings. The lowest BCUT2D eigenvalue weighted by atomic mass is 10.1. The van der Waals surface area contributed by atoms with Gasteiger partial charge in [0, 0.05) is 29.2 Å². The Bertz CT molecular complexity index is 1630. The SMILES string of the molecule is C=CC(=O)N1CCc2ccc(Nc3nc(-c4ccc(Oc5ccccc5)cc4)nc4n[nH]c(C)c34)cc21. The third kappa shape index (κ3) is 4.29. The van der Waals surface area contributed by atoms with Gasteiger partial charge >= 0.3 is 0 Å². The number of H-pyrrole nitrogens is 1. The lowest BCUT2D eigenvalue weighted by Gasteiger charge is -2.16. The monoisotopic (exact) mass is 488 g/mol. The van der Waals surface area contributed by atoms with Gasteiger partial charge in [-0.25, -0.2) is 9.97 Å². The fraction of sp³-hybridized carbons (Fsp3) is 0.103. The maximum Gasteiger partial charge on any atom is 0.250 e. The Balaban J connectivity index is 1.33. The van der Waals surface area contributed by atoms with Crippen molar-refractivity contribution in [1.29, 1.82) is 0 Å². The van der Waals surface area contributed by atoms with Crippen LogP contribution in [0.1, 0.15) is 11.3 Å². The number of aryl methyl sites for hydroxylation is 1. The third-order valence-electron chi connectivity index (χ3n) is 6.37. The standard InChI is InChI=1S/C29H24N6O2/c1-3-25(36)35-16-15-19-9-12-21(17-24(19)35)30-28-26-18(2)33-34-29(26)32-27(31-28)20-10-13-23(14-11-20)37-22-7-5-4-6-8-22/h3-14,17H,1,15-16H2,2H3,(H2,30,31,32,33,34). The van der Waals surface area contributed by atoms with Crippen LogP contribution in [-0.4, -0.2) is 32.6 Å². The Hall–Kier alpha value is -4.98. The maximum atomic E-state index is 12.3. The van der Waals surface area contributed by atoms with Crippen molar-refractivity contribution in [3.05, 3.63) is 96.7 Å². The van der Waals surface area contributed by atoms with Crippen LogP contribution in [0, 0.1) is 6.92 Å². The molecule has 0 saturated heterocycles. The zero-order valence-electron chi connectivity index (χ0n) is 20.2. The fourth-order valence-electron chi connectivity index (χ4n) is 4.52. The van der Waals surface area contributed by atoms with Gasteiger partial charge in [0.15, 0.2) is 11.5 Å². The highest BCUT2D eigenvalue weighted by atomic mass is 16.5. The highest BCUT2D eigenvalue weighted by Gasteiger charge is 2.23. The van der Waals surface area contributed by atoms with Crippen molar-refractivity contribution in [1.82, 2.24) is 20.2 Å². The summed E-state index contributed by atoms with van der Waals surface area (Å²) >= 11 is 0. The average molecular weight is 489 g/mol. The summed E-state index contributed by atoms with van der Waals surface area (Å²) in [6, 6.07) is 23.3. The first-order chi connectivity index (χ1) is 18.1. The van der Waals surface area contributed by atoms with Crippen molar-refractivity contribution < 1.29 is 9.53 Å². The molecule has 0 radical (unpaired) electrons. The Kier molecular flexibility index (Phi) is 5.61. The predicted molar refractivity (Wildman–Crippen MR) is 144 cm³/mol. The Morgan fingerprint density at radius 1 is 1.05 bits per heavy atom. The van der Waals surface area contributed by atoms with E-state index < -0.39 is 0 Å². The van der Waals surface area contributed by atoms with E-state index in [0.717, 1.165) is 51.5 Å². The molecular weight excluding hydrogens is 464 g/mol. The highest BCUT2D eigenvalue weighted by molar-refractivity contribution is 6.03. The first kappa shape index (κ1) is 22.5. The second-order valence-corrected chi connectivity index (χ2v) is 8.80. The van der Waals surface area contributed by atoms with Crippen molar-refractivity contribution in [2.75, 3.05) is 16.8 Å². The summed E-state index contributed by atoms with van der Waals surface area (Å²) in [6.07, 6.45) is 2.17. The van der Waals surface area contributed by atoms with Gasteiger partial charge in [0.05, 0.1) is 5.39 Å². The van der Waals surface area contributed by atoms with Crippen LogP contribution >= 0.6 is 0 Å². The van der Waals surface area contributed by atoms with Crippen LogP contribution in [0.5, 0.6) is 11.5 Å². The molecular formula is C29H24N6O2. The number of nitrogens with one attached hydrogen (secondary N) is 2. The molecule has 6 rings (SSSR count). The molecule has 0 atom stereocenters. The summed E-state index contributed by atoms with van der Waals surface area (Å²) in [5, 5.41) is 11.6. The Labute approximate surface area is 213 Å². The van der Waals surface area contributed by atoms with E-state index in [1.165, 1.54) is 6.08 Å². The number of anilines is 3. The molecule has 0 spiro atoms. The molecule has 2 N–H and O–H groups in total. The van der Waals surface area contributed by atoms with Gasteiger partial charge in [0.2, 0.25) is 5.91 Å². The van der Waals surface area contributed by atoms with Crippen molar-refractivity contribution in [2.45, 2.75) is 13.3 Å². The Morgan fingerprint density at radius 3 is 2.62 bits per heavy atom. The zero-order valence-corrected chi connectivity index (χ0v) is 20.2. The number of benzene rings is 3. The normalized spacial score (nSPS) is 12.4. The summed E-state index contributed by atoms with van der Waals surface area (Å²) in [4.78, 5) is 23.6. The number of hydrogen-bond acceptors (Lipinski definition) is 6. The first-order valence-corrected chi connectivity index (χ1v) is 12.0. The van der Waals surface area contributed by atoms with Gasteiger partial charge in [-0.15, -0.1) is 0 Å². The van der Waals surface area contributed by atoms with E-state index in [9.17, 15) is 4.79 Å². The number of carbonyl (C=O) groups excluding carboxylic acids is 1. The van der Waals surface area contributed by atoms with Crippen LogP contribution < -0.4 is 15.0 Å². The van der Waals surface area contributed by atoms with Crippen molar-refractivity contribution in [3.8, 4) is 22.9 Å². The minimum absolute atomic E-state index is 0.104. The van der Waals surface area contributed by atoms with Crippen molar-refractivity contribution in [2.24, 2.45) is 0 Å². The van der Waals surface area contributed by atoms with E-state index in [4.69, 9.17) is 9.72 Å². The quantitative estimate of drug-likeness (QED) is 0.287. The van der Waals surface area contributed by atoms with E-state index in [2.05, 4.69) is 27.1 Å². The number of aromatic amines is 1. The number of ether oxygens (including phenoxy) is 1. The lowest BCUT2D eigenvalue weighted by molar-refractivity contribution is -0.114. The van der Waals surface area contributed by atoms with Gasteiger partial charge in [-0.3, -0.25) is 9.89 Å². The molecule has 8 heteroatoms. The summed E-state index contributed by atoms with van der Waals surface area (Å²) in [5.41, 5.74) is 5.10. The molecule has 3 aromatic carbocycles. The number of aromatic nitrogens is 4. The van der Waals surface area contributed by atoms with Crippen LogP contribution in [0.25, 0.3) is 22.4 Å². The minimum Gasteiger partial charge on any atom is -0.457 e. The molecule has 0 bridgehead atoms. The number of hydrogen-bond donors (Lipinski definition) is 2. The smallest absolute Gasteiger partial charge is 0.250 e. The van der Waals surface area contributed by atoms with Gasteiger partial charge in [-0.05, 0) is 73.5 Å². The second kappa shape index (κ2) is 9.23. The number of nitrogens with zero attached hydrogens (tertiary/aromatic N) is 4. The van der Waals surface area contributed by atoms with Gasteiger partial charge in [-0.2, -0.15) is 5.10 Å². The highest BCUT2D eigenvalue weighted by Crippen LogP contribution is 2.34. The molecule has 1 aliphatic rings. The van der Waals surface area contributed by atoms with Crippen LogP contribution in [0.3, 0.4) is 0 Å². The van der Waals surface area contributed by atoms with Gasteiger partial charge < -0.3 is 15.0 Å². The van der Waals surface area contributed by atoms with Crippen molar-refractivity contribution >= 4 is 34.1 Å². The molecule has 1 aliphatic heterocycles. The Morgan fingerprint density at radius 2 is 1.84 bits per heavy atom. The molecule has 37 heavy (non-hydrogen) atoms.